The second-order valence-electron chi connectivity index (χ2n) is 9.70. The second-order valence-corrected chi connectivity index (χ2v) is 56.9. The van der Waals surface area contributed by atoms with Crippen molar-refractivity contribution in [3.8, 4) is 5.75 Å². The first-order valence-electron chi connectivity index (χ1n) is 7.69. The van der Waals surface area contributed by atoms with Crippen LogP contribution < -0.4 is 0 Å². The molecule has 0 bridgehead atoms. The fourth-order valence-electron chi connectivity index (χ4n) is 2.21. The normalized spacial score (nSPS) is 17.1. The van der Waals surface area contributed by atoms with Crippen LogP contribution in [-0.4, -0.2) is 5.11 Å². The number of aromatic hydroxyl groups is 1. The molecule has 1 aromatic carbocycles. The van der Waals surface area contributed by atoms with E-state index >= 15 is 0 Å². The predicted octanol–water partition coefficient (Wildman–Crippen LogP) is 6.42. The Balaban J connectivity index is 0.000000211. The molecule has 0 saturated carbocycles. The van der Waals surface area contributed by atoms with E-state index < -0.39 is 17.0 Å². The van der Waals surface area contributed by atoms with E-state index in [0.717, 1.165) is 12.0 Å². The van der Waals surface area contributed by atoms with Crippen molar-refractivity contribution < 1.29 is 22.1 Å². The third-order valence-corrected chi connectivity index (χ3v) is 16.6. The minimum atomic E-state index is -2.87. The molecule has 1 nitrogen and oxygen atoms in total. The van der Waals surface area contributed by atoms with Gasteiger partial charge in [0.25, 0.3) is 0 Å². The van der Waals surface area contributed by atoms with Gasteiger partial charge in [-0.1, -0.05) is 24.3 Å². The number of phenols is 1. The van der Waals surface area contributed by atoms with E-state index in [1.54, 1.807) is 15.5 Å². The van der Waals surface area contributed by atoms with Gasteiger partial charge in [0, 0.05) is 0 Å². The van der Waals surface area contributed by atoms with Crippen molar-refractivity contribution in [2.75, 3.05) is 0 Å². The molecule has 2 rings (SSSR count). The SMILES string of the molecule is C=CCc1ccccc1O.[CH3][Hf]([CH3])([CH3])([CH3])([CH3])[C]1=CC=CC1. The Morgan fingerprint density at radius 1 is 1.14 bits per heavy atom. The Morgan fingerprint density at radius 3 is 2.14 bits per heavy atom. The van der Waals surface area contributed by atoms with Gasteiger partial charge in [0.05, 0.1) is 0 Å². The molecule has 0 unspecified atom stereocenters. The molecular weight excluding hydrogens is 423 g/mol. The van der Waals surface area contributed by atoms with Crippen molar-refractivity contribution in [2.24, 2.45) is 0 Å². The molecule has 1 aliphatic carbocycles. The first-order valence-corrected chi connectivity index (χ1v) is 27.4. The molecule has 0 atom stereocenters. The van der Waals surface area contributed by atoms with Crippen LogP contribution in [0.1, 0.15) is 12.0 Å². The van der Waals surface area contributed by atoms with Crippen molar-refractivity contribution in [3.63, 3.8) is 0 Å². The standard InChI is InChI=1S/C9H10O.C5H5.5CH3.Hf/c1-2-5-8-6-3-4-7-9(8)10;1-2-4-5-3-1;;;;;;/h2-4,6-7,10H,1,5H2;1-3H,4H2;5*1H3;. The molecule has 0 saturated heterocycles. The third kappa shape index (κ3) is 6.17. The maximum absolute atomic E-state index is 9.19. The van der Waals surface area contributed by atoms with Gasteiger partial charge in [-0.3, -0.25) is 0 Å². The van der Waals surface area contributed by atoms with Crippen molar-refractivity contribution in [1.82, 2.24) is 0 Å². The van der Waals surface area contributed by atoms with E-state index in [1.165, 1.54) is 6.42 Å². The zero-order valence-electron chi connectivity index (χ0n) is 14.2. The van der Waals surface area contributed by atoms with Gasteiger partial charge in [-0.2, -0.15) is 0 Å². The monoisotopic (exact) mass is 454 g/mol. The fourth-order valence-corrected chi connectivity index (χ4v) is 9.64. The number of phenolic OH excluding ortho intramolecular Hbond substituents is 1. The van der Waals surface area contributed by atoms with E-state index in [9.17, 15) is 5.11 Å². The molecule has 21 heavy (non-hydrogen) atoms. The van der Waals surface area contributed by atoms with Crippen molar-refractivity contribution in [1.29, 1.82) is 0 Å². The summed E-state index contributed by atoms with van der Waals surface area (Å²) in [5, 5.41) is 9.19. The first-order chi connectivity index (χ1) is 9.44. The van der Waals surface area contributed by atoms with Crippen LogP contribution in [-0.2, 0) is 23.5 Å². The molecule has 0 amide bonds. The molecule has 2 heteroatoms. The number of hydrogen-bond acceptors (Lipinski definition) is 1. The van der Waals surface area contributed by atoms with E-state index in [0.29, 0.717) is 5.75 Å². The Hall–Kier alpha value is -0.890. The van der Waals surface area contributed by atoms with E-state index in [4.69, 9.17) is 0 Å². The summed E-state index contributed by atoms with van der Waals surface area (Å²) in [5.74, 6) is 0.349. The van der Waals surface area contributed by atoms with Crippen molar-refractivity contribution in [2.45, 2.75) is 36.2 Å². The van der Waals surface area contributed by atoms with Crippen LogP contribution in [0.15, 0.2) is 58.5 Å². The maximum atomic E-state index is 9.19. The van der Waals surface area contributed by atoms with E-state index in [-0.39, 0.29) is 0 Å². The van der Waals surface area contributed by atoms with Crippen LogP contribution in [0.3, 0.4) is 0 Å². The fraction of sp³-hybridized carbons (Fsp3) is 0.368. The number of allylic oxidation sites excluding steroid dienone is 5. The molecule has 116 valence electrons. The van der Waals surface area contributed by atoms with Gasteiger partial charge < -0.3 is 5.11 Å². The molecule has 0 radical (unpaired) electrons. The molecule has 1 aromatic rings. The summed E-state index contributed by atoms with van der Waals surface area (Å²) in [6, 6.07) is 7.27. The van der Waals surface area contributed by atoms with Gasteiger partial charge in [-0.25, -0.2) is 0 Å². The topological polar surface area (TPSA) is 20.2 Å². The summed E-state index contributed by atoms with van der Waals surface area (Å²) in [6.45, 7) is 3.59. The summed E-state index contributed by atoms with van der Waals surface area (Å²) >= 11 is -2.87. The Bertz CT molecular complexity index is 571. The summed E-state index contributed by atoms with van der Waals surface area (Å²) < 4.78 is 14.3. The summed E-state index contributed by atoms with van der Waals surface area (Å²) in [5.41, 5.74) is 0.928. The second kappa shape index (κ2) is 5.72. The molecule has 0 fully saturated rings. The van der Waals surface area contributed by atoms with Gasteiger partial charge in [0.1, 0.15) is 5.75 Å². The van der Waals surface area contributed by atoms with E-state index in [1.807, 2.05) is 18.2 Å². The average Bonchev–Trinajstić information content (AvgIpc) is 2.85. The average molecular weight is 453 g/mol. The zero-order valence-corrected chi connectivity index (χ0v) is 17.8. The minimum absolute atomic E-state index is 0.349. The zero-order chi connectivity index (χ0) is 16.2. The van der Waals surface area contributed by atoms with Crippen LogP contribution in [0.2, 0.25) is 23.4 Å². The Kier molecular flexibility index (Phi) is 4.94. The molecule has 0 spiro atoms. The molecule has 1 N–H and O–H groups in total. The number of para-hydroxylation sites is 1. The van der Waals surface area contributed by atoms with Gasteiger partial charge in [0.2, 0.25) is 0 Å². The van der Waals surface area contributed by atoms with Crippen molar-refractivity contribution in [3.05, 3.63) is 64.0 Å². The van der Waals surface area contributed by atoms with Gasteiger partial charge in [0.15, 0.2) is 0 Å². The van der Waals surface area contributed by atoms with Crippen LogP contribution >= 0.6 is 0 Å². The molecular formula is C19H30HfO. The Labute approximate surface area is 128 Å². The van der Waals surface area contributed by atoms with Gasteiger partial charge >= 0.3 is 68.4 Å². The molecule has 0 heterocycles. The summed E-state index contributed by atoms with van der Waals surface area (Å²) in [4.78, 5) is 0. The Morgan fingerprint density at radius 2 is 1.76 bits per heavy atom. The van der Waals surface area contributed by atoms with Crippen LogP contribution in [0, 0.1) is 0 Å². The molecule has 0 aliphatic heterocycles. The van der Waals surface area contributed by atoms with Crippen LogP contribution in [0.25, 0.3) is 0 Å². The number of benzene rings is 1. The predicted molar refractivity (Wildman–Crippen MR) is 93.2 cm³/mol. The van der Waals surface area contributed by atoms with Crippen LogP contribution in [0.4, 0.5) is 0 Å². The van der Waals surface area contributed by atoms with Crippen LogP contribution in [0.5, 0.6) is 5.75 Å². The number of hydrogen-bond donors (Lipinski definition) is 1. The van der Waals surface area contributed by atoms with Gasteiger partial charge in [-0.05, 0) is 18.1 Å². The molecule has 0 aromatic heterocycles. The summed E-state index contributed by atoms with van der Waals surface area (Å²) in [7, 11) is 0. The first kappa shape index (κ1) is 18.2. The van der Waals surface area contributed by atoms with Gasteiger partial charge in [-0.15, -0.1) is 6.58 Å². The summed E-state index contributed by atoms with van der Waals surface area (Å²) in [6.07, 6.45) is 10.5. The molecule has 1 aliphatic rings. The van der Waals surface area contributed by atoms with Crippen molar-refractivity contribution >= 4 is 0 Å². The van der Waals surface area contributed by atoms with E-state index in [2.05, 4.69) is 48.2 Å². The quantitative estimate of drug-likeness (QED) is 0.414. The number of rotatable bonds is 3. The third-order valence-electron chi connectivity index (χ3n) is 3.73.